The molecule has 0 aliphatic carbocycles. The molecule has 2 amide bonds. The quantitative estimate of drug-likeness (QED) is 0.164. The highest BCUT2D eigenvalue weighted by molar-refractivity contribution is 6.33. The number of aromatic nitrogens is 2. The van der Waals surface area contributed by atoms with E-state index in [-0.39, 0.29) is 12.5 Å². The number of piperidine rings is 1. The van der Waals surface area contributed by atoms with E-state index in [1.807, 2.05) is 112 Å². The molecule has 0 radical (unpaired) electrons. The van der Waals surface area contributed by atoms with Gasteiger partial charge >= 0.3 is 6.09 Å². The van der Waals surface area contributed by atoms with E-state index in [2.05, 4.69) is 47.8 Å². The van der Waals surface area contributed by atoms with Crippen molar-refractivity contribution in [3.8, 4) is 17.2 Å². The smallest absolute Gasteiger partial charge is 0.410 e. The zero-order chi connectivity index (χ0) is 39.0. The van der Waals surface area contributed by atoms with Gasteiger partial charge < -0.3 is 15.0 Å². The Balaban J connectivity index is 1.43. The fourth-order valence-electron chi connectivity index (χ4n) is 7.65. The Kier molecular flexibility index (Phi) is 10.0. The summed E-state index contributed by atoms with van der Waals surface area (Å²) in [5, 5.41) is 19.5. The third-order valence-corrected chi connectivity index (χ3v) is 10.8. The first-order valence-electron chi connectivity index (χ1n) is 18.5. The number of benzene rings is 5. The van der Waals surface area contributed by atoms with Gasteiger partial charge in [0.25, 0.3) is 0 Å². The number of anilines is 1. The Bertz CT molecular complexity index is 2300. The van der Waals surface area contributed by atoms with E-state index >= 15 is 0 Å². The van der Waals surface area contributed by atoms with Crippen LogP contribution in [-0.4, -0.2) is 44.4 Å². The van der Waals surface area contributed by atoms with E-state index < -0.39 is 28.7 Å². The van der Waals surface area contributed by atoms with Crippen LogP contribution in [0, 0.1) is 17.2 Å². The Hall–Kier alpha value is -5.91. The van der Waals surface area contributed by atoms with E-state index in [1.165, 1.54) is 0 Å². The minimum absolute atomic E-state index is 0.205. The molecule has 2 heterocycles. The van der Waals surface area contributed by atoms with Crippen molar-refractivity contribution in [2.45, 2.75) is 64.1 Å². The number of hydrogen-bond acceptors (Lipinski definition) is 5. The summed E-state index contributed by atoms with van der Waals surface area (Å²) in [6.45, 7) is 9.73. The maximum absolute atomic E-state index is 14.4. The lowest BCUT2D eigenvalue weighted by atomic mass is 9.77. The molecule has 7 rings (SSSR count). The predicted molar refractivity (Wildman–Crippen MR) is 218 cm³/mol. The zero-order valence-corrected chi connectivity index (χ0v) is 32.5. The van der Waals surface area contributed by atoms with Gasteiger partial charge in [0, 0.05) is 28.1 Å². The van der Waals surface area contributed by atoms with Crippen LogP contribution >= 0.6 is 11.6 Å². The van der Waals surface area contributed by atoms with Crippen molar-refractivity contribution in [3.05, 3.63) is 155 Å². The summed E-state index contributed by atoms with van der Waals surface area (Å²) in [5.41, 5.74) is 3.51. The summed E-state index contributed by atoms with van der Waals surface area (Å²) in [4.78, 5) is 29.5. The minimum atomic E-state index is -0.965. The first-order chi connectivity index (χ1) is 26.3. The van der Waals surface area contributed by atoms with Gasteiger partial charge in [-0.25, -0.2) is 9.48 Å². The van der Waals surface area contributed by atoms with E-state index in [0.29, 0.717) is 40.2 Å². The average molecular weight is 750 g/mol. The number of nitriles is 1. The second-order valence-corrected chi connectivity index (χ2v) is 16.1. The molecule has 5 aromatic carbocycles. The molecule has 0 bridgehead atoms. The molecule has 1 aromatic heterocycles. The van der Waals surface area contributed by atoms with Crippen LogP contribution < -0.4 is 5.32 Å². The topological polar surface area (TPSA) is 100 Å². The van der Waals surface area contributed by atoms with E-state index in [4.69, 9.17) is 21.4 Å². The van der Waals surface area contributed by atoms with Crippen molar-refractivity contribution >= 4 is 40.3 Å². The lowest BCUT2D eigenvalue weighted by Crippen LogP contribution is -2.56. The second kappa shape index (κ2) is 14.7. The van der Waals surface area contributed by atoms with E-state index in [0.717, 1.165) is 27.8 Å². The van der Waals surface area contributed by atoms with Crippen LogP contribution in [0.2, 0.25) is 5.02 Å². The lowest BCUT2D eigenvalue weighted by molar-refractivity contribution is -0.122. The number of fused-ring (bicyclic) bond motifs is 1. The fraction of sp³-hybridized carbons (Fsp3) is 0.261. The first-order valence-corrected chi connectivity index (χ1v) is 18.9. The summed E-state index contributed by atoms with van der Waals surface area (Å²) in [7, 11) is 0. The number of rotatable bonds is 7. The van der Waals surface area contributed by atoms with Crippen LogP contribution in [0.5, 0.6) is 0 Å². The number of ether oxygens (including phenoxy) is 1. The molecular weight excluding hydrogens is 706 g/mol. The van der Waals surface area contributed by atoms with Crippen LogP contribution in [0.25, 0.3) is 22.0 Å². The number of nitrogens with zero attached hydrogens (tertiary/aromatic N) is 4. The monoisotopic (exact) mass is 749 g/mol. The molecule has 1 saturated heterocycles. The second-order valence-electron chi connectivity index (χ2n) is 15.7. The predicted octanol–water partition coefficient (Wildman–Crippen LogP) is 10.4. The number of hydrogen-bond donors (Lipinski definition) is 1. The molecule has 1 N–H and O–H groups in total. The van der Waals surface area contributed by atoms with E-state index in [9.17, 15) is 14.9 Å². The number of likely N-dealkylation sites (tertiary alicyclic amines) is 1. The van der Waals surface area contributed by atoms with Gasteiger partial charge in [0.1, 0.15) is 11.1 Å². The standard InChI is InChI=1S/C46H44ClN5O3/c1-44(2,3)55-43(54)51-30-33(25-26-45(51,4)5)42(53)49-41-38-28-32(37-27-31(29-48)21-23-39(37)47)22-24-40(38)52(50-41)46(34-15-9-6-10-16-34,35-17-11-7-12-18-35)36-19-13-8-14-20-36/h6-24,27-28,33H,25-26,30H2,1-5H3,(H,49,50,53). The fourth-order valence-corrected chi connectivity index (χ4v) is 7.87. The van der Waals surface area contributed by atoms with Crippen molar-refractivity contribution in [1.82, 2.24) is 14.7 Å². The molecule has 6 aromatic rings. The molecule has 8 nitrogen and oxygen atoms in total. The number of nitrogens with one attached hydrogen (secondary N) is 1. The molecule has 9 heteroatoms. The molecule has 55 heavy (non-hydrogen) atoms. The molecule has 278 valence electrons. The Labute approximate surface area is 327 Å². The van der Waals surface area contributed by atoms with Gasteiger partial charge in [-0.15, -0.1) is 0 Å². The Morgan fingerprint density at radius 1 is 0.855 bits per heavy atom. The van der Waals surface area contributed by atoms with Crippen molar-refractivity contribution in [3.63, 3.8) is 0 Å². The molecule has 1 aliphatic rings. The summed E-state index contributed by atoms with van der Waals surface area (Å²) in [5.74, 6) is -0.377. The summed E-state index contributed by atoms with van der Waals surface area (Å²) < 4.78 is 7.78. The van der Waals surface area contributed by atoms with Gasteiger partial charge in [0.05, 0.1) is 23.1 Å². The Morgan fingerprint density at radius 3 is 1.98 bits per heavy atom. The van der Waals surface area contributed by atoms with Crippen LogP contribution in [0.4, 0.5) is 10.6 Å². The van der Waals surface area contributed by atoms with Gasteiger partial charge in [0.2, 0.25) is 5.91 Å². The Morgan fingerprint density at radius 2 is 1.44 bits per heavy atom. The van der Waals surface area contributed by atoms with Gasteiger partial charge in [-0.3, -0.25) is 4.79 Å². The van der Waals surface area contributed by atoms with E-state index in [1.54, 1.807) is 23.1 Å². The van der Waals surface area contributed by atoms with Gasteiger partial charge in [-0.05, 0) is 100 Å². The van der Waals surface area contributed by atoms with Gasteiger partial charge in [-0.1, -0.05) is 109 Å². The van der Waals surface area contributed by atoms with Crippen LogP contribution in [0.1, 0.15) is 69.7 Å². The van der Waals surface area contributed by atoms with Crippen LogP contribution in [-0.2, 0) is 15.1 Å². The van der Waals surface area contributed by atoms with Crippen LogP contribution in [0.3, 0.4) is 0 Å². The molecule has 1 unspecified atom stereocenters. The maximum Gasteiger partial charge on any atom is 0.410 e. The first kappa shape index (κ1) is 37.4. The van der Waals surface area contributed by atoms with Gasteiger partial charge in [-0.2, -0.15) is 10.4 Å². The van der Waals surface area contributed by atoms with Crippen LogP contribution in [0.15, 0.2) is 127 Å². The summed E-state index contributed by atoms with van der Waals surface area (Å²) >= 11 is 6.74. The highest BCUT2D eigenvalue weighted by atomic mass is 35.5. The third kappa shape index (κ3) is 7.20. The molecule has 0 saturated carbocycles. The maximum atomic E-state index is 14.4. The highest BCUT2D eigenvalue weighted by Crippen LogP contribution is 2.44. The summed E-state index contributed by atoms with van der Waals surface area (Å²) in [6, 6.07) is 44.0. The van der Waals surface area contributed by atoms with Crippen molar-refractivity contribution in [1.29, 1.82) is 5.26 Å². The van der Waals surface area contributed by atoms with Crippen molar-refractivity contribution < 1.29 is 14.3 Å². The molecule has 1 aliphatic heterocycles. The summed E-state index contributed by atoms with van der Waals surface area (Å²) in [6.07, 6.45) is 0.765. The SMILES string of the molecule is CC(C)(C)OC(=O)N1CC(C(=O)Nc2nn(C(c3ccccc3)(c3ccccc3)c3ccccc3)c3ccc(-c4cc(C#N)ccc4Cl)cc23)CCC1(C)C. The molecule has 1 atom stereocenters. The molecule has 1 fully saturated rings. The van der Waals surface area contributed by atoms with Gasteiger partial charge in [0.15, 0.2) is 5.82 Å². The minimum Gasteiger partial charge on any atom is -0.444 e. The lowest BCUT2D eigenvalue weighted by Gasteiger charge is -2.45. The third-order valence-electron chi connectivity index (χ3n) is 10.4. The number of carbonyl (C=O) groups excluding carboxylic acids is 2. The van der Waals surface area contributed by atoms with Crippen molar-refractivity contribution in [2.75, 3.05) is 11.9 Å². The largest absolute Gasteiger partial charge is 0.444 e. The molecular formula is C46H44ClN5O3. The number of carbonyl (C=O) groups is 2. The molecule has 0 spiro atoms. The normalized spacial score (nSPS) is 15.7. The number of halogens is 1. The average Bonchev–Trinajstić information content (AvgIpc) is 3.53. The highest BCUT2D eigenvalue weighted by Gasteiger charge is 2.43. The van der Waals surface area contributed by atoms with Crippen molar-refractivity contribution in [2.24, 2.45) is 5.92 Å². The zero-order valence-electron chi connectivity index (χ0n) is 31.7. The number of amides is 2.